The van der Waals surface area contributed by atoms with E-state index in [1.807, 2.05) is 6.07 Å². The van der Waals surface area contributed by atoms with Crippen LogP contribution in [0.3, 0.4) is 0 Å². The van der Waals surface area contributed by atoms with Crippen molar-refractivity contribution in [2.24, 2.45) is 0 Å². The van der Waals surface area contributed by atoms with Crippen LogP contribution in [-0.2, 0) is 6.54 Å². The van der Waals surface area contributed by atoms with Gasteiger partial charge in [-0.3, -0.25) is 0 Å². The highest BCUT2D eigenvalue weighted by Crippen LogP contribution is 2.25. The minimum absolute atomic E-state index is 0.304. The predicted octanol–water partition coefficient (Wildman–Crippen LogP) is 5.82. The van der Waals surface area contributed by atoms with E-state index in [-0.39, 0.29) is 0 Å². The number of halogens is 3. The van der Waals surface area contributed by atoms with Crippen molar-refractivity contribution in [2.45, 2.75) is 19.5 Å². The first kappa shape index (κ1) is 15.2. The van der Waals surface area contributed by atoms with E-state index >= 15 is 0 Å². The average Bonchev–Trinajstić information content (AvgIpc) is 2.40. The lowest BCUT2D eigenvalue weighted by atomic mass is 10.1. The first-order chi connectivity index (χ1) is 9.08. The molecule has 0 radical (unpaired) electrons. The summed E-state index contributed by atoms with van der Waals surface area (Å²) in [5.74, 6) is 0. The monoisotopic (exact) mass is 445 g/mol. The summed E-state index contributed by atoms with van der Waals surface area (Å²) in [6, 6.07) is 14.9. The van der Waals surface area contributed by atoms with Crippen molar-refractivity contribution in [1.29, 1.82) is 0 Å². The summed E-state index contributed by atoms with van der Waals surface area (Å²) in [5, 5.41) is 3.54. The topological polar surface area (TPSA) is 12.0 Å². The van der Waals surface area contributed by atoms with Crippen LogP contribution in [0.4, 0.5) is 0 Å². The van der Waals surface area contributed by atoms with Gasteiger partial charge in [-0.15, -0.1) is 0 Å². The van der Waals surface area contributed by atoms with Crippen LogP contribution >= 0.6 is 47.8 Å². The summed E-state index contributed by atoms with van der Waals surface area (Å²) in [6.07, 6.45) is 0. The highest BCUT2D eigenvalue weighted by Gasteiger charge is 2.08. The molecule has 0 unspecified atom stereocenters. The van der Waals surface area contributed by atoms with Crippen molar-refractivity contribution in [2.75, 3.05) is 0 Å². The molecule has 0 fully saturated rings. The van der Waals surface area contributed by atoms with Crippen LogP contribution in [0.25, 0.3) is 0 Å². The van der Waals surface area contributed by atoms with E-state index in [1.54, 1.807) is 0 Å². The molecule has 2 aromatic carbocycles. The molecule has 1 nitrogen and oxygen atoms in total. The van der Waals surface area contributed by atoms with Crippen LogP contribution < -0.4 is 5.32 Å². The van der Waals surface area contributed by atoms with Crippen molar-refractivity contribution in [3.8, 4) is 0 Å². The zero-order chi connectivity index (χ0) is 13.8. The van der Waals surface area contributed by atoms with Crippen molar-refractivity contribution >= 4 is 47.8 Å². The molecule has 0 aromatic heterocycles. The highest BCUT2D eigenvalue weighted by molar-refractivity contribution is 9.13. The molecular formula is C15H14Br3N. The molecule has 0 saturated heterocycles. The number of rotatable bonds is 4. The van der Waals surface area contributed by atoms with Gasteiger partial charge >= 0.3 is 0 Å². The van der Waals surface area contributed by atoms with Gasteiger partial charge in [0, 0.05) is 26.0 Å². The Labute approximate surface area is 139 Å². The Morgan fingerprint density at radius 3 is 2.37 bits per heavy atom. The Morgan fingerprint density at radius 1 is 0.947 bits per heavy atom. The molecule has 2 aromatic rings. The van der Waals surface area contributed by atoms with Crippen molar-refractivity contribution in [1.82, 2.24) is 5.32 Å². The molecule has 0 spiro atoms. The van der Waals surface area contributed by atoms with Crippen LogP contribution in [0.2, 0.25) is 0 Å². The van der Waals surface area contributed by atoms with Gasteiger partial charge in [0.05, 0.1) is 0 Å². The van der Waals surface area contributed by atoms with Gasteiger partial charge in [0.25, 0.3) is 0 Å². The molecule has 2 rings (SSSR count). The SMILES string of the molecule is C[C@@H](NCc1ccc(Br)c(Br)c1)c1ccccc1Br. The second-order valence-corrected chi connectivity index (χ2v) is 6.94. The maximum absolute atomic E-state index is 3.59. The largest absolute Gasteiger partial charge is 0.306 e. The normalized spacial score (nSPS) is 12.4. The Hall–Kier alpha value is -0.160. The zero-order valence-corrected chi connectivity index (χ0v) is 15.2. The van der Waals surface area contributed by atoms with Gasteiger partial charge in [-0.1, -0.05) is 40.2 Å². The Kier molecular flexibility index (Phi) is 5.63. The minimum atomic E-state index is 0.304. The Bertz CT molecular complexity index is 569. The number of hydrogen-bond donors (Lipinski definition) is 1. The number of hydrogen-bond acceptors (Lipinski definition) is 1. The second kappa shape index (κ2) is 7.02. The fourth-order valence-corrected chi connectivity index (χ4v) is 3.16. The molecule has 0 bridgehead atoms. The molecule has 0 aliphatic heterocycles. The van der Waals surface area contributed by atoms with Gasteiger partial charge < -0.3 is 5.32 Å². The van der Waals surface area contributed by atoms with E-state index in [9.17, 15) is 0 Å². The average molecular weight is 448 g/mol. The van der Waals surface area contributed by atoms with E-state index in [1.165, 1.54) is 11.1 Å². The van der Waals surface area contributed by atoms with E-state index in [0.29, 0.717) is 6.04 Å². The van der Waals surface area contributed by atoms with Crippen LogP contribution in [0.1, 0.15) is 24.1 Å². The quantitative estimate of drug-likeness (QED) is 0.622. The van der Waals surface area contributed by atoms with E-state index in [2.05, 4.69) is 96.4 Å². The van der Waals surface area contributed by atoms with E-state index in [0.717, 1.165) is 20.0 Å². The number of nitrogens with one attached hydrogen (secondary N) is 1. The molecule has 19 heavy (non-hydrogen) atoms. The molecule has 0 aliphatic rings. The summed E-state index contributed by atoms with van der Waals surface area (Å²) in [7, 11) is 0. The van der Waals surface area contributed by atoms with Gasteiger partial charge in [0.15, 0.2) is 0 Å². The van der Waals surface area contributed by atoms with Crippen LogP contribution in [0.5, 0.6) is 0 Å². The second-order valence-electron chi connectivity index (χ2n) is 4.37. The summed E-state index contributed by atoms with van der Waals surface area (Å²) in [6.45, 7) is 3.02. The maximum Gasteiger partial charge on any atom is 0.0320 e. The predicted molar refractivity (Wildman–Crippen MR) is 91.2 cm³/mol. The van der Waals surface area contributed by atoms with Gasteiger partial charge in [0.2, 0.25) is 0 Å². The smallest absolute Gasteiger partial charge is 0.0320 e. The van der Waals surface area contributed by atoms with Crippen molar-refractivity contribution in [3.63, 3.8) is 0 Å². The molecule has 0 heterocycles. The van der Waals surface area contributed by atoms with Crippen molar-refractivity contribution in [3.05, 3.63) is 67.0 Å². The Morgan fingerprint density at radius 2 is 1.68 bits per heavy atom. The maximum atomic E-state index is 3.59. The summed E-state index contributed by atoms with van der Waals surface area (Å²) >= 11 is 10.6. The van der Waals surface area contributed by atoms with Crippen molar-refractivity contribution < 1.29 is 0 Å². The lowest BCUT2D eigenvalue weighted by molar-refractivity contribution is 0.572. The standard InChI is InChI=1S/C15H14Br3N/c1-10(12-4-2-3-5-13(12)16)19-9-11-6-7-14(17)15(18)8-11/h2-8,10,19H,9H2,1H3/t10-/m1/s1. The van der Waals surface area contributed by atoms with E-state index < -0.39 is 0 Å². The fraction of sp³-hybridized carbons (Fsp3) is 0.200. The van der Waals surface area contributed by atoms with Crippen LogP contribution in [-0.4, -0.2) is 0 Å². The highest BCUT2D eigenvalue weighted by atomic mass is 79.9. The third-order valence-electron chi connectivity index (χ3n) is 2.97. The molecule has 0 amide bonds. The molecule has 1 atom stereocenters. The van der Waals surface area contributed by atoms with Crippen LogP contribution in [0, 0.1) is 0 Å². The molecule has 0 aliphatic carbocycles. The lowest BCUT2D eigenvalue weighted by Gasteiger charge is -2.16. The third-order valence-corrected chi connectivity index (χ3v) is 5.57. The molecule has 4 heteroatoms. The van der Waals surface area contributed by atoms with Gasteiger partial charge in [-0.25, -0.2) is 0 Å². The van der Waals surface area contributed by atoms with Crippen LogP contribution in [0.15, 0.2) is 55.9 Å². The molecule has 1 N–H and O–H groups in total. The Balaban J connectivity index is 2.02. The minimum Gasteiger partial charge on any atom is -0.306 e. The van der Waals surface area contributed by atoms with Gasteiger partial charge in [0.1, 0.15) is 0 Å². The van der Waals surface area contributed by atoms with E-state index in [4.69, 9.17) is 0 Å². The zero-order valence-electron chi connectivity index (χ0n) is 10.5. The molecule has 100 valence electrons. The van der Waals surface area contributed by atoms with Gasteiger partial charge in [-0.2, -0.15) is 0 Å². The lowest BCUT2D eigenvalue weighted by Crippen LogP contribution is -2.18. The number of benzene rings is 2. The third kappa shape index (κ3) is 4.15. The summed E-state index contributed by atoms with van der Waals surface area (Å²) in [5.41, 5.74) is 2.53. The summed E-state index contributed by atoms with van der Waals surface area (Å²) in [4.78, 5) is 0. The first-order valence-corrected chi connectivity index (χ1v) is 8.37. The van der Waals surface area contributed by atoms with Gasteiger partial charge in [-0.05, 0) is 68.1 Å². The summed E-state index contributed by atoms with van der Waals surface area (Å²) < 4.78 is 3.31. The molecule has 0 saturated carbocycles. The fourth-order valence-electron chi connectivity index (χ4n) is 1.86. The first-order valence-electron chi connectivity index (χ1n) is 5.99. The molecular weight excluding hydrogens is 434 g/mol.